The van der Waals surface area contributed by atoms with Gasteiger partial charge in [0.15, 0.2) is 0 Å². The van der Waals surface area contributed by atoms with Crippen LogP contribution in [0, 0.1) is 5.82 Å². The Hall–Kier alpha value is -3.68. The third-order valence-corrected chi connectivity index (χ3v) is 5.93. The highest BCUT2D eigenvalue weighted by molar-refractivity contribution is 6.04. The van der Waals surface area contributed by atoms with Crippen LogP contribution in [0.15, 0.2) is 54.6 Å². The molecule has 0 saturated heterocycles. The number of carbonyl (C=O) groups excluding carboxylic acids is 3. The van der Waals surface area contributed by atoms with E-state index in [0.29, 0.717) is 17.8 Å². The minimum absolute atomic E-state index is 0.155. The summed E-state index contributed by atoms with van der Waals surface area (Å²) in [4.78, 5) is 40.1. The average Bonchev–Trinajstić information content (AvgIpc) is 3.15. The molecule has 0 aliphatic carbocycles. The van der Waals surface area contributed by atoms with E-state index in [1.807, 2.05) is 41.8 Å². The van der Waals surface area contributed by atoms with Crippen LogP contribution in [0.5, 0.6) is 0 Å². The molecule has 0 saturated carbocycles. The van der Waals surface area contributed by atoms with Crippen molar-refractivity contribution in [1.29, 1.82) is 0 Å². The lowest BCUT2D eigenvalue weighted by Crippen LogP contribution is -2.64. The van der Waals surface area contributed by atoms with Crippen molar-refractivity contribution in [2.75, 3.05) is 13.1 Å². The van der Waals surface area contributed by atoms with Crippen molar-refractivity contribution < 1.29 is 18.8 Å². The molecule has 2 aromatic carbocycles. The number of hydrogen-bond donors (Lipinski definition) is 2. The first kappa shape index (κ1) is 21.5. The maximum absolute atomic E-state index is 13.3. The number of fused-ring (bicyclic) bond motifs is 3. The molecule has 2 heterocycles. The SMILES string of the molecule is CCN1C(=O)c2cc3ccccc3n2C[C@]1(C)C(=O)NCC(=O)NCc1cccc(F)c1. The fourth-order valence-electron chi connectivity index (χ4n) is 4.26. The Kier molecular flexibility index (Phi) is 5.69. The van der Waals surface area contributed by atoms with E-state index < -0.39 is 17.4 Å². The van der Waals surface area contributed by atoms with Gasteiger partial charge in [-0.3, -0.25) is 14.4 Å². The molecule has 7 nitrogen and oxygen atoms in total. The molecule has 0 fully saturated rings. The molecule has 166 valence electrons. The van der Waals surface area contributed by atoms with Gasteiger partial charge in [0.25, 0.3) is 5.91 Å². The number of likely N-dealkylation sites (N-methyl/N-ethyl adjacent to an activating group) is 1. The number of benzene rings is 2. The van der Waals surface area contributed by atoms with Crippen LogP contribution in [0.25, 0.3) is 10.9 Å². The van der Waals surface area contributed by atoms with E-state index >= 15 is 0 Å². The molecule has 0 spiro atoms. The van der Waals surface area contributed by atoms with E-state index in [1.165, 1.54) is 12.1 Å². The zero-order valence-corrected chi connectivity index (χ0v) is 18.0. The number of amides is 3. The van der Waals surface area contributed by atoms with E-state index in [9.17, 15) is 18.8 Å². The Labute approximate surface area is 185 Å². The number of nitrogens with one attached hydrogen (secondary N) is 2. The van der Waals surface area contributed by atoms with Gasteiger partial charge >= 0.3 is 0 Å². The van der Waals surface area contributed by atoms with Gasteiger partial charge in [0.1, 0.15) is 17.1 Å². The zero-order chi connectivity index (χ0) is 22.9. The van der Waals surface area contributed by atoms with Crippen molar-refractivity contribution in [3.63, 3.8) is 0 Å². The number of nitrogens with zero attached hydrogens (tertiary/aromatic N) is 2. The van der Waals surface area contributed by atoms with Gasteiger partial charge in [-0.15, -0.1) is 0 Å². The van der Waals surface area contributed by atoms with Gasteiger partial charge in [0.05, 0.1) is 13.1 Å². The van der Waals surface area contributed by atoms with Crippen LogP contribution in [0.1, 0.15) is 29.9 Å². The number of rotatable bonds is 6. The fraction of sp³-hybridized carbons (Fsp3) is 0.292. The van der Waals surface area contributed by atoms with Crippen molar-refractivity contribution in [2.24, 2.45) is 0 Å². The molecule has 32 heavy (non-hydrogen) atoms. The van der Waals surface area contributed by atoms with Crippen LogP contribution in [-0.4, -0.2) is 45.8 Å². The van der Waals surface area contributed by atoms with E-state index in [4.69, 9.17) is 0 Å². The van der Waals surface area contributed by atoms with Gasteiger partial charge in [-0.05, 0) is 43.7 Å². The molecule has 1 atom stereocenters. The molecule has 1 aliphatic rings. The van der Waals surface area contributed by atoms with Gasteiger partial charge in [-0.1, -0.05) is 30.3 Å². The topological polar surface area (TPSA) is 83.4 Å². The summed E-state index contributed by atoms with van der Waals surface area (Å²) in [6, 6.07) is 15.4. The van der Waals surface area contributed by atoms with Crippen LogP contribution in [0.4, 0.5) is 4.39 Å². The van der Waals surface area contributed by atoms with Gasteiger partial charge < -0.3 is 20.1 Å². The largest absolute Gasteiger partial charge is 0.350 e. The molecule has 3 amide bonds. The Balaban J connectivity index is 1.47. The van der Waals surface area contributed by atoms with Gasteiger partial charge in [0.2, 0.25) is 11.8 Å². The third kappa shape index (κ3) is 3.84. The summed E-state index contributed by atoms with van der Waals surface area (Å²) in [6.07, 6.45) is 0. The fourth-order valence-corrected chi connectivity index (χ4v) is 4.26. The second-order valence-electron chi connectivity index (χ2n) is 8.09. The lowest BCUT2D eigenvalue weighted by molar-refractivity contribution is -0.134. The van der Waals surface area contributed by atoms with Crippen LogP contribution in [-0.2, 0) is 22.7 Å². The molecule has 8 heteroatoms. The van der Waals surface area contributed by atoms with Gasteiger partial charge in [0, 0.05) is 24.0 Å². The van der Waals surface area contributed by atoms with E-state index in [2.05, 4.69) is 10.6 Å². The highest BCUT2D eigenvalue weighted by Crippen LogP contribution is 2.32. The molecule has 1 aliphatic heterocycles. The Morgan fingerprint density at radius 1 is 1.09 bits per heavy atom. The van der Waals surface area contributed by atoms with Gasteiger partial charge in [-0.25, -0.2) is 4.39 Å². The summed E-state index contributed by atoms with van der Waals surface area (Å²) in [5, 5.41) is 6.26. The second kappa shape index (κ2) is 8.45. The summed E-state index contributed by atoms with van der Waals surface area (Å²) in [5.74, 6) is -1.40. The monoisotopic (exact) mass is 436 g/mol. The van der Waals surface area contributed by atoms with Crippen molar-refractivity contribution in [2.45, 2.75) is 32.5 Å². The molecular formula is C24H25FN4O3. The number of carbonyl (C=O) groups is 3. The van der Waals surface area contributed by atoms with Crippen molar-refractivity contribution >= 4 is 28.6 Å². The van der Waals surface area contributed by atoms with Crippen LogP contribution >= 0.6 is 0 Å². The van der Waals surface area contributed by atoms with Gasteiger partial charge in [-0.2, -0.15) is 0 Å². The number of hydrogen-bond acceptors (Lipinski definition) is 3. The first-order chi connectivity index (χ1) is 15.3. The van der Waals surface area contributed by atoms with Crippen LogP contribution < -0.4 is 10.6 Å². The Morgan fingerprint density at radius 2 is 1.88 bits per heavy atom. The standard InChI is InChI=1S/C24H25FN4O3/c1-3-29-22(31)20-12-17-8-4-5-10-19(17)28(20)15-24(29,2)23(32)27-14-21(30)26-13-16-7-6-9-18(25)11-16/h4-12H,3,13-15H2,1-2H3,(H,26,30)(H,27,32)/t24-/m1/s1. The quantitative estimate of drug-likeness (QED) is 0.623. The predicted octanol–water partition coefficient (Wildman–Crippen LogP) is 2.45. The highest BCUT2D eigenvalue weighted by Gasteiger charge is 2.46. The molecule has 3 aromatic rings. The third-order valence-electron chi connectivity index (χ3n) is 5.93. The molecule has 1 aromatic heterocycles. The first-order valence-electron chi connectivity index (χ1n) is 10.5. The number of para-hydroxylation sites is 1. The minimum Gasteiger partial charge on any atom is -0.350 e. The minimum atomic E-state index is -1.15. The van der Waals surface area contributed by atoms with Crippen LogP contribution in [0.2, 0.25) is 0 Å². The van der Waals surface area contributed by atoms with Crippen molar-refractivity contribution in [3.05, 3.63) is 71.7 Å². The Bertz CT molecular complexity index is 1200. The first-order valence-corrected chi connectivity index (χ1v) is 10.5. The maximum Gasteiger partial charge on any atom is 0.271 e. The number of aromatic nitrogens is 1. The molecule has 0 radical (unpaired) electrons. The molecule has 0 unspecified atom stereocenters. The summed E-state index contributed by atoms with van der Waals surface area (Å²) in [6.45, 7) is 4.10. The zero-order valence-electron chi connectivity index (χ0n) is 18.0. The van der Waals surface area contributed by atoms with E-state index in [1.54, 1.807) is 24.0 Å². The van der Waals surface area contributed by atoms with Crippen LogP contribution in [0.3, 0.4) is 0 Å². The molecule has 4 rings (SSSR count). The molecular weight excluding hydrogens is 411 g/mol. The maximum atomic E-state index is 13.3. The summed E-state index contributed by atoms with van der Waals surface area (Å²) < 4.78 is 15.1. The summed E-state index contributed by atoms with van der Waals surface area (Å²) in [7, 11) is 0. The lowest BCUT2D eigenvalue weighted by atomic mass is 9.95. The summed E-state index contributed by atoms with van der Waals surface area (Å²) in [5.41, 5.74) is 0.909. The predicted molar refractivity (Wildman–Crippen MR) is 118 cm³/mol. The average molecular weight is 436 g/mol. The van der Waals surface area contributed by atoms with Crippen molar-refractivity contribution in [3.8, 4) is 0 Å². The molecule has 2 N–H and O–H groups in total. The smallest absolute Gasteiger partial charge is 0.271 e. The lowest BCUT2D eigenvalue weighted by Gasteiger charge is -2.43. The summed E-state index contributed by atoms with van der Waals surface area (Å²) >= 11 is 0. The van der Waals surface area contributed by atoms with E-state index in [0.717, 1.165) is 10.9 Å². The van der Waals surface area contributed by atoms with E-state index in [-0.39, 0.29) is 31.4 Å². The second-order valence-corrected chi connectivity index (χ2v) is 8.09. The van der Waals surface area contributed by atoms with Crippen molar-refractivity contribution in [1.82, 2.24) is 20.1 Å². The molecule has 0 bridgehead atoms. The highest BCUT2D eigenvalue weighted by atomic mass is 19.1. The Morgan fingerprint density at radius 3 is 2.62 bits per heavy atom. The number of halogens is 1. The normalized spacial score (nSPS) is 17.8.